The molecule has 2 aliphatic rings. The van der Waals surface area contributed by atoms with Gasteiger partial charge in [-0.2, -0.15) is 0 Å². The third kappa shape index (κ3) is 5.16. The molecule has 0 N–H and O–H groups in total. The van der Waals surface area contributed by atoms with Crippen LogP contribution in [-0.2, 0) is 9.59 Å². The molecule has 29 heavy (non-hydrogen) atoms. The van der Waals surface area contributed by atoms with Gasteiger partial charge in [-0.25, -0.2) is 0 Å². The lowest BCUT2D eigenvalue weighted by Gasteiger charge is -2.18. The molecule has 0 aromatic heterocycles. The van der Waals surface area contributed by atoms with Crippen LogP contribution in [0.1, 0.15) is 57.9 Å². The zero-order valence-corrected chi connectivity index (χ0v) is 18.1. The lowest BCUT2D eigenvalue weighted by molar-refractivity contribution is -0.112. The van der Waals surface area contributed by atoms with Crippen LogP contribution in [0.2, 0.25) is 0 Å². The number of benzene rings is 1. The number of carbonyl (C=O) groups excluding carboxylic acids is 2. The van der Waals surface area contributed by atoms with Gasteiger partial charge in [-0.1, -0.05) is 44.9 Å². The predicted octanol–water partition coefficient (Wildman–Crippen LogP) is 6.61. The Balaban J connectivity index is 2.04. The number of carbonyl (C=O) groups is 2. The van der Waals surface area contributed by atoms with E-state index in [9.17, 15) is 9.59 Å². The second-order valence-corrected chi connectivity index (χ2v) is 8.10. The van der Waals surface area contributed by atoms with Gasteiger partial charge in [0.2, 0.25) is 0 Å². The number of ketones is 2. The van der Waals surface area contributed by atoms with Crippen molar-refractivity contribution in [2.24, 2.45) is 0 Å². The second kappa shape index (κ2) is 9.89. The van der Waals surface area contributed by atoms with E-state index in [1.54, 1.807) is 6.08 Å². The Kier molecular flexibility index (Phi) is 7.27. The summed E-state index contributed by atoms with van der Waals surface area (Å²) in [5.41, 5.74) is 5.34. The van der Waals surface area contributed by atoms with Crippen LogP contribution >= 0.6 is 12.6 Å². The summed E-state index contributed by atoms with van der Waals surface area (Å²) in [6.45, 7) is 4.28. The molecule has 0 amide bonds. The molecule has 3 rings (SSSR count). The average Bonchev–Trinajstić information content (AvgIpc) is 2.73. The third-order valence-corrected chi connectivity index (χ3v) is 5.63. The van der Waals surface area contributed by atoms with Gasteiger partial charge < -0.3 is 0 Å². The van der Waals surface area contributed by atoms with Gasteiger partial charge in [-0.15, -0.1) is 12.6 Å². The summed E-state index contributed by atoms with van der Waals surface area (Å²) >= 11 is 4.33. The van der Waals surface area contributed by atoms with Gasteiger partial charge in [0.1, 0.15) is 0 Å². The SMILES string of the molecule is CCCCC1=CC(=C2C=CC(=O)C(c3ccc(S)cc3)=C2)C=C(CCCC)C1=O. The van der Waals surface area contributed by atoms with Crippen LogP contribution in [0.4, 0.5) is 0 Å². The van der Waals surface area contributed by atoms with Gasteiger partial charge in [-0.3, -0.25) is 9.59 Å². The fraction of sp³-hybridized carbons (Fsp3) is 0.308. The van der Waals surface area contributed by atoms with Crippen LogP contribution in [0.25, 0.3) is 5.57 Å². The van der Waals surface area contributed by atoms with E-state index in [-0.39, 0.29) is 11.6 Å². The average molecular weight is 405 g/mol. The van der Waals surface area contributed by atoms with Crippen LogP contribution in [0.5, 0.6) is 0 Å². The summed E-state index contributed by atoms with van der Waals surface area (Å²) in [6.07, 6.45) is 15.2. The van der Waals surface area contributed by atoms with Crippen LogP contribution in [-0.4, -0.2) is 11.6 Å². The highest BCUT2D eigenvalue weighted by molar-refractivity contribution is 7.80. The largest absolute Gasteiger partial charge is 0.289 e. The van der Waals surface area contributed by atoms with Crippen molar-refractivity contribution in [3.63, 3.8) is 0 Å². The highest BCUT2D eigenvalue weighted by Gasteiger charge is 2.22. The predicted molar refractivity (Wildman–Crippen MR) is 123 cm³/mol. The molecule has 1 aromatic rings. The van der Waals surface area contributed by atoms with Crippen molar-refractivity contribution in [1.82, 2.24) is 0 Å². The molecule has 1 aromatic carbocycles. The van der Waals surface area contributed by atoms with Crippen LogP contribution in [0, 0.1) is 0 Å². The van der Waals surface area contributed by atoms with E-state index in [1.165, 1.54) is 0 Å². The van der Waals surface area contributed by atoms with E-state index in [2.05, 4.69) is 26.5 Å². The Bertz CT molecular complexity index is 923. The third-order valence-electron chi connectivity index (χ3n) is 5.33. The number of unbranched alkanes of at least 4 members (excludes halogenated alkanes) is 2. The van der Waals surface area contributed by atoms with Gasteiger partial charge in [0.05, 0.1) is 0 Å². The van der Waals surface area contributed by atoms with Crippen molar-refractivity contribution in [2.45, 2.75) is 57.3 Å². The standard InChI is InChI=1S/C26H28O2S/c1-3-5-7-20-15-22(16-21(26(20)28)8-6-4-2)19-11-14-25(27)24(17-19)18-9-12-23(29)13-10-18/h9-17,29H,3-8H2,1-2H3. The minimum Gasteiger partial charge on any atom is -0.289 e. The Labute approximate surface area is 179 Å². The Morgan fingerprint density at radius 1 is 0.759 bits per heavy atom. The van der Waals surface area contributed by atoms with E-state index in [1.807, 2.05) is 48.6 Å². The molecule has 3 heteroatoms. The summed E-state index contributed by atoms with van der Waals surface area (Å²) in [5.74, 6) is 0.194. The van der Waals surface area contributed by atoms with E-state index < -0.39 is 0 Å². The normalized spacial score (nSPS) is 16.7. The van der Waals surface area contributed by atoms with Crippen LogP contribution in [0.3, 0.4) is 0 Å². The van der Waals surface area contributed by atoms with Crippen molar-refractivity contribution >= 4 is 29.8 Å². The summed E-state index contributed by atoms with van der Waals surface area (Å²) in [4.78, 5) is 26.2. The zero-order valence-electron chi connectivity index (χ0n) is 17.2. The maximum atomic E-state index is 12.9. The molecule has 0 bridgehead atoms. The highest BCUT2D eigenvalue weighted by Crippen LogP contribution is 2.31. The summed E-state index contributed by atoms with van der Waals surface area (Å²) in [7, 11) is 0. The molecule has 0 heterocycles. The van der Waals surface area contributed by atoms with Crippen LogP contribution in [0.15, 0.2) is 81.8 Å². The number of Topliss-reactive ketones (excluding diaryl/α,β-unsaturated/α-hetero) is 1. The van der Waals surface area contributed by atoms with Crippen molar-refractivity contribution in [3.8, 4) is 0 Å². The molecule has 0 saturated carbocycles. The number of allylic oxidation sites excluding steroid dienone is 10. The summed E-state index contributed by atoms with van der Waals surface area (Å²) in [5, 5.41) is 0. The molecule has 0 saturated heterocycles. The number of hydrogen-bond acceptors (Lipinski definition) is 3. The highest BCUT2D eigenvalue weighted by atomic mass is 32.1. The first-order valence-electron chi connectivity index (χ1n) is 10.5. The first kappa shape index (κ1) is 21.3. The van der Waals surface area contributed by atoms with Crippen LogP contribution < -0.4 is 0 Å². The number of rotatable bonds is 7. The molecule has 0 radical (unpaired) electrons. The van der Waals surface area contributed by atoms with Gasteiger partial charge in [0.25, 0.3) is 0 Å². The Hall–Kier alpha value is -2.39. The monoisotopic (exact) mass is 404 g/mol. The fourth-order valence-corrected chi connectivity index (χ4v) is 3.75. The zero-order chi connectivity index (χ0) is 20.8. The number of thiol groups is 1. The molecule has 150 valence electrons. The number of hydrogen-bond donors (Lipinski definition) is 1. The van der Waals surface area contributed by atoms with Crippen molar-refractivity contribution in [2.75, 3.05) is 0 Å². The van der Waals surface area contributed by atoms with Crippen molar-refractivity contribution < 1.29 is 9.59 Å². The van der Waals surface area contributed by atoms with Crippen molar-refractivity contribution in [3.05, 3.63) is 82.5 Å². The van der Waals surface area contributed by atoms with Gasteiger partial charge in [0.15, 0.2) is 11.6 Å². The molecule has 0 unspecified atom stereocenters. The molecular weight excluding hydrogens is 376 g/mol. The Morgan fingerprint density at radius 3 is 1.90 bits per heavy atom. The molecular formula is C26H28O2S. The lowest BCUT2D eigenvalue weighted by Crippen LogP contribution is -2.12. The maximum Gasteiger partial charge on any atom is 0.186 e. The molecule has 0 aliphatic heterocycles. The van der Waals surface area contributed by atoms with E-state index >= 15 is 0 Å². The first-order chi connectivity index (χ1) is 14.0. The topological polar surface area (TPSA) is 34.1 Å². The summed E-state index contributed by atoms with van der Waals surface area (Å²) < 4.78 is 0. The summed E-state index contributed by atoms with van der Waals surface area (Å²) in [6, 6.07) is 7.62. The molecule has 0 spiro atoms. The van der Waals surface area contributed by atoms with Gasteiger partial charge >= 0.3 is 0 Å². The van der Waals surface area contributed by atoms with E-state index in [0.29, 0.717) is 5.57 Å². The van der Waals surface area contributed by atoms with E-state index in [0.717, 1.165) is 71.3 Å². The second-order valence-electron chi connectivity index (χ2n) is 7.59. The Morgan fingerprint density at radius 2 is 1.34 bits per heavy atom. The molecule has 2 aliphatic carbocycles. The lowest BCUT2D eigenvalue weighted by atomic mass is 9.85. The maximum absolute atomic E-state index is 12.9. The smallest absolute Gasteiger partial charge is 0.186 e. The fourth-order valence-electron chi connectivity index (χ4n) is 3.60. The first-order valence-corrected chi connectivity index (χ1v) is 10.9. The van der Waals surface area contributed by atoms with Crippen molar-refractivity contribution in [1.29, 1.82) is 0 Å². The molecule has 2 nitrogen and oxygen atoms in total. The molecule has 0 fully saturated rings. The molecule has 0 atom stereocenters. The van der Waals surface area contributed by atoms with Gasteiger partial charge in [0, 0.05) is 21.6 Å². The van der Waals surface area contributed by atoms with E-state index in [4.69, 9.17) is 0 Å². The minimum atomic E-state index is -0.00137. The quantitative estimate of drug-likeness (QED) is 0.519. The minimum absolute atomic E-state index is 0.00137. The van der Waals surface area contributed by atoms with Gasteiger partial charge in [-0.05, 0) is 78.8 Å².